The first-order valence-electron chi connectivity index (χ1n) is 8.97. The molecule has 3 rings (SSSR count). The van der Waals surface area contributed by atoms with Gasteiger partial charge in [-0.25, -0.2) is 4.79 Å². The molecule has 170 valence electrons. The van der Waals surface area contributed by atoms with Crippen LogP contribution in [-0.2, 0) is 25.4 Å². The van der Waals surface area contributed by atoms with Crippen LogP contribution in [0.2, 0.25) is 0 Å². The van der Waals surface area contributed by atoms with Gasteiger partial charge in [-0.1, -0.05) is 17.3 Å². The van der Waals surface area contributed by atoms with Gasteiger partial charge in [0.2, 0.25) is 0 Å². The average molecular weight is 459 g/mol. The maximum absolute atomic E-state index is 13.0. The SMILES string of the molecule is O=C(O)NCc1cc(-c2ccc(NCc3cc(C(F)(F)F)cc(C(F)(F)F)c3)cc2)no1. The first-order valence-corrected chi connectivity index (χ1v) is 8.97. The van der Waals surface area contributed by atoms with Crippen molar-refractivity contribution in [3.8, 4) is 11.3 Å². The van der Waals surface area contributed by atoms with Gasteiger partial charge in [0.1, 0.15) is 5.69 Å². The van der Waals surface area contributed by atoms with Gasteiger partial charge in [0.25, 0.3) is 0 Å². The number of benzene rings is 2. The lowest BCUT2D eigenvalue weighted by Crippen LogP contribution is -2.19. The van der Waals surface area contributed by atoms with E-state index in [0.717, 1.165) is 0 Å². The molecule has 0 radical (unpaired) electrons. The maximum Gasteiger partial charge on any atom is 0.416 e. The predicted molar refractivity (Wildman–Crippen MR) is 101 cm³/mol. The highest BCUT2D eigenvalue weighted by molar-refractivity contribution is 5.65. The molecule has 0 saturated carbocycles. The summed E-state index contributed by atoms with van der Waals surface area (Å²) in [6.07, 6.45) is -11.0. The fraction of sp³-hybridized carbons (Fsp3) is 0.200. The summed E-state index contributed by atoms with van der Waals surface area (Å²) in [6.45, 7) is -0.333. The highest BCUT2D eigenvalue weighted by Gasteiger charge is 2.36. The number of alkyl halides is 6. The van der Waals surface area contributed by atoms with Crippen molar-refractivity contribution in [3.63, 3.8) is 0 Å². The molecule has 3 N–H and O–H groups in total. The van der Waals surface area contributed by atoms with Crippen molar-refractivity contribution in [3.05, 3.63) is 71.0 Å². The van der Waals surface area contributed by atoms with Gasteiger partial charge < -0.3 is 20.3 Å². The molecule has 0 fully saturated rings. The largest absolute Gasteiger partial charge is 0.465 e. The van der Waals surface area contributed by atoms with Crippen LogP contribution in [-0.4, -0.2) is 16.4 Å². The van der Waals surface area contributed by atoms with Crippen LogP contribution in [0.5, 0.6) is 0 Å². The molecule has 0 bridgehead atoms. The predicted octanol–water partition coefficient (Wildman–Crippen LogP) is 5.76. The van der Waals surface area contributed by atoms with Crippen LogP contribution in [0.3, 0.4) is 0 Å². The Morgan fingerprint density at radius 2 is 1.50 bits per heavy atom. The minimum Gasteiger partial charge on any atom is -0.465 e. The molecular formula is C20H15F6N3O3. The zero-order valence-electron chi connectivity index (χ0n) is 16.0. The van der Waals surface area contributed by atoms with Crippen LogP contribution in [0.4, 0.5) is 36.8 Å². The standard InChI is InChI=1S/C20H15F6N3O3/c21-19(22,23)13-5-11(6-14(7-13)20(24,25)26)9-27-15-3-1-12(2-4-15)17-8-16(32-29-17)10-28-18(30)31/h1-8,27-28H,9-10H2,(H,30,31). The maximum atomic E-state index is 13.0. The van der Waals surface area contributed by atoms with Crippen molar-refractivity contribution in [2.45, 2.75) is 25.4 Å². The van der Waals surface area contributed by atoms with Gasteiger partial charge in [0.05, 0.1) is 17.7 Å². The van der Waals surface area contributed by atoms with E-state index in [4.69, 9.17) is 9.63 Å². The number of carbonyl (C=O) groups is 1. The second kappa shape index (κ2) is 8.81. The molecule has 0 aliphatic rings. The quantitative estimate of drug-likeness (QED) is 0.408. The lowest BCUT2D eigenvalue weighted by atomic mass is 10.0. The van der Waals surface area contributed by atoms with Crippen molar-refractivity contribution in [1.82, 2.24) is 10.5 Å². The molecule has 0 aliphatic heterocycles. The molecule has 0 spiro atoms. The molecule has 1 aromatic heterocycles. The van der Waals surface area contributed by atoms with Crippen molar-refractivity contribution in [1.29, 1.82) is 0 Å². The van der Waals surface area contributed by atoms with Gasteiger partial charge >= 0.3 is 18.4 Å². The van der Waals surface area contributed by atoms with Gasteiger partial charge in [0, 0.05) is 23.9 Å². The van der Waals surface area contributed by atoms with Gasteiger partial charge in [0.15, 0.2) is 5.76 Å². The molecule has 3 aromatic rings. The van der Waals surface area contributed by atoms with Crippen LogP contribution in [0.25, 0.3) is 11.3 Å². The van der Waals surface area contributed by atoms with Crippen LogP contribution in [0.1, 0.15) is 22.5 Å². The van der Waals surface area contributed by atoms with E-state index in [-0.39, 0.29) is 30.5 Å². The summed E-state index contributed by atoms with van der Waals surface area (Å²) in [4.78, 5) is 10.5. The number of anilines is 1. The number of nitrogens with one attached hydrogen (secondary N) is 2. The minimum atomic E-state index is -4.91. The summed E-state index contributed by atoms with van der Waals surface area (Å²) < 4.78 is 82.8. The van der Waals surface area contributed by atoms with E-state index >= 15 is 0 Å². The molecule has 0 unspecified atom stereocenters. The van der Waals surface area contributed by atoms with Crippen LogP contribution in [0.15, 0.2) is 53.1 Å². The lowest BCUT2D eigenvalue weighted by molar-refractivity contribution is -0.143. The topological polar surface area (TPSA) is 87.4 Å². The molecule has 1 amide bonds. The Kier molecular flexibility index (Phi) is 6.32. The third kappa shape index (κ3) is 5.93. The van der Waals surface area contributed by atoms with Crippen molar-refractivity contribution >= 4 is 11.8 Å². The summed E-state index contributed by atoms with van der Waals surface area (Å²) in [5, 5.41) is 17.3. The third-order valence-electron chi connectivity index (χ3n) is 4.30. The van der Waals surface area contributed by atoms with Gasteiger partial charge in [-0.3, -0.25) is 0 Å². The summed E-state index contributed by atoms with van der Waals surface area (Å²) in [5.41, 5.74) is -1.44. The number of amides is 1. The number of aromatic nitrogens is 1. The molecule has 12 heteroatoms. The number of rotatable bonds is 6. The molecule has 0 aliphatic carbocycles. The Labute approximate surface area is 176 Å². The van der Waals surface area contributed by atoms with E-state index in [9.17, 15) is 31.1 Å². The van der Waals surface area contributed by atoms with Crippen LogP contribution >= 0.6 is 0 Å². The monoisotopic (exact) mass is 459 g/mol. The number of hydrogen-bond acceptors (Lipinski definition) is 4. The van der Waals surface area contributed by atoms with Gasteiger partial charge in [-0.2, -0.15) is 26.3 Å². The Morgan fingerprint density at radius 1 is 0.906 bits per heavy atom. The molecule has 1 heterocycles. The normalized spacial score (nSPS) is 11.9. The average Bonchev–Trinajstić information content (AvgIpc) is 3.19. The smallest absolute Gasteiger partial charge is 0.416 e. The van der Waals surface area contributed by atoms with E-state index in [1.165, 1.54) is 6.07 Å². The molecule has 6 nitrogen and oxygen atoms in total. The Morgan fingerprint density at radius 3 is 2.03 bits per heavy atom. The molecule has 0 atom stereocenters. The molecular weight excluding hydrogens is 444 g/mol. The minimum absolute atomic E-state index is 0.0706. The number of hydrogen-bond donors (Lipinski definition) is 3. The lowest BCUT2D eigenvalue weighted by Gasteiger charge is -2.15. The summed E-state index contributed by atoms with van der Waals surface area (Å²) in [7, 11) is 0. The van der Waals surface area contributed by atoms with E-state index in [0.29, 0.717) is 29.1 Å². The number of halogens is 6. The first-order chi connectivity index (χ1) is 14.9. The second-order valence-corrected chi connectivity index (χ2v) is 6.68. The van der Waals surface area contributed by atoms with Gasteiger partial charge in [-0.15, -0.1) is 0 Å². The molecule has 0 saturated heterocycles. The van der Waals surface area contributed by atoms with E-state index < -0.39 is 29.6 Å². The van der Waals surface area contributed by atoms with Gasteiger partial charge in [-0.05, 0) is 35.9 Å². The fourth-order valence-corrected chi connectivity index (χ4v) is 2.78. The second-order valence-electron chi connectivity index (χ2n) is 6.68. The first kappa shape index (κ1) is 23.0. The zero-order chi connectivity index (χ0) is 23.5. The number of carboxylic acid groups (broad SMARTS) is 1. The summed E-state index contributed by atoms with van der Waals surface area (Å²) >= 11 is 0. The van der Waals surface area contributed by atoms with E-state index in [1.54, 1.807) is 24.3 Å². The molecule has 2 aromatic carbocycles. The highest BCUT2D eigenvalue weighted by atomic mass is 19.4. The summed E-state index contributed by atoms with van der Waals surface area (Å²) in [5.74, 6) is 0.287. The van der Waals surface area contributed by atoms with Crippen molar-refractivity contribution in [2.24, 2.45) is 0 Å². The van der Waals surface area contributed by atoms with Crippen LogP contribution in [0, 0.1) is 0 Å². The fourth-order valence-electron chi connectivity index (χ4n) is 2.78. The number of nitrogens with zero attached hydrogens (tertiary/aromatic N) is 1. The Hall–Kier alpha value is -3.70. The van der Waals surface area contributed by atoms with Crippen LogP contribution < -0.4 is 10.6 Å². The highest BCUT2D eigenvalue weighted by Crippen LogP contribution is 2.36. The summed E-state index contributed by atoms with van der Waals surface area (Å²) in [6, 6.07) is 9.30. The Balaban J connectivity index is 1.71. The van der Waals surface area contributed by atoms with E-state index in [1.807, 2.05) is 0 Å². The molecule has 32 heavy (non-hydrogen) atoms. The third-order valence-corrected chi connectivity index (χ3v) is 4.30. The van der Waals surface area contributed by atoms with E-state index in [2.05, 4.69) is 15.8 Å². The Bertz CT molecular complexity index is 1060. The zero-order valence-corrected chi connectivity index (χ0v) is 16.0. The van der Waals surface area contributed by atoms with Crippen molar-refractivity contribution in [2.75, 3.05) is 5.32 Å². The van der Waals surface area contributed by atoms with Crippen molar-refractivity contribution < 1.29 is 40.8 Å².